The summed E-state index contributed by atoms with van der Waals surface area (Å²) < 4.78 is 17.0. The highest BCUT2D eigenvalue weighted by molar-refractivity contribution is 8.04. The summed E-state index contributed by atoms with van der Waals surface area (Å²) in [5.74, 6) is -0.831. The number of nitrogens with zero attached hydrogens (tertiary/aromatic N) is 3. The molecule has 27 heavy (non-hydrogen) atoms. The fraction of sp³-hybridized carbons (Fsp3) is 0.438. The fourth-order valence-electron chi connectivity index (χ4n) is 3.23. The average Bonchev–Trinajstić information content (AvgIpc) is 2.83. The van der Waals surface area contributed by atoms with Crippen molar-refractivity contribution < 1.29 is 23.5 Å². The van der Waals surface area contributed by atoms with Crippen LogP contribution in [0.3, 0.4) is 0 Å². The SMILES string of the molecule is C[C@]1(CSC#N)[C@H](C(=O)OCc2ccc([N+](=O)[O-])cc2)N2C(=O)C[C@H]2S1=O. The van der Waals surface area contributed by atoms with Crippen LogP contribution in [0.1, 0.15) is 18.9 Å². The molecular formula is C16H15N3O6S2. The van der Waals surface area contributed by atoms with Gasteiger partial charge >= 0.3 is 5.97 Å². The van der Waals surface area contributed by atoms with Crippen LogP contribution >= 0.6 is 11.8 Å². The standard InChI is InChI=1S/C16H15N3O6S2/c1-16(8-26-9-17)14(18-12(20)6-13(18)27(16)24)15(21)25-7-10-2-4-11(5-3-10)19(22)23/h2-5,13-14H,6-8H2,1H3/t13-,14+,16+,27?/m1/s1. The van der Waals surface area contributed by atoms with Crippen LogP contribution in [0, 0.1) is 20.8 Å². The molecule has 1 aromatic carbocycles. The van der Waals surface area contributed by atoms with Crippen LogP contribution < -0.4 is 0 Å². The number of esters is 1. The summed E-state index contributed by atoms with van der Waals surface area (Å²) in [6.45, 7) is 1.49. The minimum absolute atomic E-state index is 0.0774. The minimum Gasteiger partial charge on any atom is -0.459 e. The van der Waals surface area contributed by atoms with Gasteiger partial charge in [-0.15, -0.1) is 0 Å². The lowest BCUT2D eigenvalue weighted by molar-refractivity contribution is -0.384. The summed E-state index contributed by atoms with van der Waals surface area (Å²) in [7, 11) is -1.49. The van der Waals surface area contributed by atoms with Crippen LogP contribution in [0.25, 0.3) is 0 Å². The maximum absolute atomic E-state index is 12.8. The van der Waals surface area contributed by atoms with Crippen molar-refractivity contribution in [3.05, 3.63) is 39.9 Å². The van der Waals surface area contributed by atoms with Gasteiger partial charge in [-0.2, -0.15) is 5.26 Å². The zero-order valence-electron chi connectivity index (χ0n) is 14.2. The van der Waals surface area contributed by atoms with Gasteiger partial charge in [0.15, 0.2) is 0 Å². The zero-order chi connectivity index (χ0) is 19.8. The molecule has 0 radical (unpaired) electrons. The molecule has 0 bridgehead atoms. The van der Waals surface area contributed by atoms with E-state index in [2.05, 4.69) is 0 Å². The van der Waals surface area contributed by atoms with Gasteiger partial charge in [-0.1, -0.05) is 0 Å². The number of β-lactam (4-membered cyclic amide) rings is 1. The second-order valence-electron chi connectivity index (χ2n) is 6.38. The molecule has 2 heterocycles. The maximum Gasteiger partial charge on any atom is 0.330 e. The number of rotatable bonds is 6. The monoisotopic (exact) mass is 409 g/mol. The Kier molecular flexibility index (Phi) is 5.21. The van der Waals surface area contributed by atoms with Crippen molar-refractivity contribution in [3.8, 4) is 5.40 Å². The third-order valence-electron chi connectivity index (χ3n) is 4.69. The predicted molar refractivity (Wildman–Crippen MR) is 96.5 cm³/mol. The Morgan fingerprint density at radius 1 is 1.52 bits per heavy atom. The topological polar surface area (TPSA) is 131 Å². The van der Waals surface area contributed by atoms with Crippen molar-refractivity contribution >= 4 is 40.1 Å². The number of hydrogen-bond donors (Lipinski definition) is 0. The molecule has 2 aliphatic heterocycles. The van der Waals surface area contributed by atoms with Crippen molar-refractivity contribution in [2.24, 2.45) is 0 Å². The van der Waals surface area contributed by atoms with Crippen LogP contribution in [0.15, 0.2) is 24.3 Å². The molecule has 2 saturated heterocycles. The number of nitriles is 1. The Labute approximate surface area is 161 Å². The van der Waals surface area contributed by atoms with Gasteiger partial charge in [0.25, 0.3) is 5.69 Å². The zero-order valence-corrected chi connectivity index (χ0v) is 15.8. The molecule has 0 aromatic heterocycles. The number of thiocyanates is 1. The number of fused-ring (bicyclic) bond motifs is 1. The van der Waals surface area contributed by atoms with E-state index >= 15 is 0 Å². The maximum atomic E-state index is 12.8. The first kappa shape index (κ1) is 19.3. The van der Waals surface area contributed by atoms with Crippen molar-refractivity contribution in [3.63, 3.8) is 0 Å². The quantitative estimate of drug-likeness (QED) is 0.226. The number of amides is 1. The lowest BCUT2D eigenvalue weighted by Crippen LogP contribution is -2.58. The molecule has 2 aliphatic rings. The van der Waals surface area contributed by atoms with Crippen LogP contribution in [0.5, 0.6) is 0 Å². The van der Waals surface area contributed by atoms with E-state index in [1.54, 1.807) is 6.92 Å². The van der Waals surface area contributed by atoms with E-state index < -0.39 is 37.9 Å². The molecule has 1 aromatic rings. The third kappa shape index (κ3) is 3.30. The van der Waals surface area contributed by atoms with Crippen LogP contribution in [-0.2, 0) is 31.7 Å². The van der Waals surface area contributed by atoms with E-state index in [0.717, 1.165) is 11.8 Å². The predicted octanol–water partition coefficient (Wildman–Crippen LogP) is 1.30. The number of nitro benzene ring substituents is 1. The average molecular weight is 409 g/mol. The van der Waals surface area contributed by atoms with Gasteiger partial charge in [0.2, 0.25) is 5.91 Å². The van der Waals surface area contributed by atoms with Crippen LogP contribution in [-0.4, -0.2) is 47.8 Å². The van der Waals surface area contributed by atoms with E-state index in [1.807, 2.05) is 5.40 Å². The Morgan fingerprint density at radius 2 is 2.19 bits per heavy atom. The molecule has 0 N–H and O–H groups in total. The van der Waals surface area contributed by atoms with Gasteiger partial charge in [0.05, 0.1) is 26.9 Å². The molecule has 1 amide bonds. The smallest absolute Gasteiger partial charge is 0.330 e. The molecule has 0 saturated carbocycles. The fourth-order valence-corrected chi connectivity index (χ4v) is 6.17. The molecule has 3 rings (SSSR count). The molecule has 1 unspecified atom stereocenters. The van der Waals surface area contributed by atoms with Crippen LogP contribution in [0.4, 0.5) is 5.69 Å². The van der Waals surface area contributed by atoms with E-state index in [9.17, 15) is 23.9 Å². The largest absolute Gasteiger partial charge is 0.459 e. The van der Waals surface area contributed by atoms with E-state index in [4.69, 9.17) is 10.00 Å². The molecule has 9 nitrogen and oxygen atoms in total. The van der Waals surface area contributed by atoms with Gasteiger partial charge < -0.3 is 9.64 Å². The summed E-state index contributed by atoms with van der Waals surface area (Å²) in [5.41, 5.74) is 0.471. The number of benzene rings is 1. The molecule has 0 aliphatic carbocycles. The summed E-state index contributed by atoms with van der Waals surface area (Å²) in [5, 5.41) is 20.9. The second-order valence-corrected chi connectivity index (χ2v) is 9.22. The molecule has 11 heteroatoms. The van der Waals surface area contributed by atoms with Gasteiger partial charge in [0.1, 0.15) is 23.4 Å². The number of ether oxygens (including phenoxy) is 1. The van der Waals surface area contributed by atoms with Gasteiger partial charge in [-0.05, 0) is 36.4 Å². The number of non-ortho nitro benzene ring substituents is 1. The summed E-state index contributed by atoms with van der Waals surface area (Å²) in [4.78, 5) is 36.1. The Bertz CT molecular complexity index is 868. The van der Waals surface area contributed by atoms with Crippen molar-refractivity contribution in [2.75, 3.05) is 5.75 Å². The molecule has 2 fully saturated rings. The van der Waals surface area contributed by atoms with Crippen LogP contribution in [0.2, 0.25) is 0 Å². The third-order valence-corrected chi connectivity index (χ3v) is 7.92. The van der Waals surface area contributed by atoms with Crippen molar-refractivity contribution in [2.45, 2.75) is 36.1 Å². The first-order chi connectivity index (χ1) is 12.8. The highest BCUT2D eigenvalue weighted by Crippen LogP contribution is 2.45. The number of thioether (sulfide) groups is 1. The summed E-state index contributed by atoms with van der Waals surface area (Å²) in [6.07, 6.45) is 0.117. The first-order valence-corrected chi connectivity index (χ1v) is 10.1. The van der Waals surface area contributed by atoms with Gasteiger partial charge in [-0.25, -0.2) is 4.79 Å². The van der Waals surface area contributed by atoms with E-state index in [1.165, 1.54) is 29.2 Å². The van der Waals surface area contributed by atoms with Crippen molar-refractivity contribution in [1.82, 2.24) is 4.90 Å². The normalized spacial score (nSPS) is 28.8. The van der Waals surface area contributed by atoms with E-state index in [0.29, 0.717) is 5.56 Å². The number of carbonyl (C=O) groups excluding carboxylic acids is 2. The minimum atomic E-state index is -1.49. The Morgan fingerprint density at radius 3 is 2.74 bits per heavy atom. The highest BCUT2D eigenvalue weighted by Gasteiger charge is 2.65. The number of nitro groups is 1. The second kappa shape index (κ2) is 7.28. The number of carbonyl (C=O) groups is 2. The molecular weight excluding hydrogens is 394 g/mol. The lowest BCUT2D eigenvalue weighted by Gasteiger charge is -2.37. The Balaban J connectivity index is 1.75. The molecule has 0 spiro atoms. The summed E-state index contributed by atoms with van der Waals surface area (Å²) in [6, 6.07) is 4.53. The highest BCUT2D eigenvalue weighted by atomic mass is 32.2. The molecule has 142 valence electrons. The van der Waals surface area contributed by atoms with Gasteiger partial charge in [0, 0.05) is 17.9 Å². The first-order valence-electron chi connectivity index (χ1n) is 7.92. The molecule has 4 atom stereocenters. The van der Waals surface area contributed by atoms with Crippen molar-refractivity contribution in [1.29, 1.82) is 5.26 Å². The lowest BCUT2D eigenvalue weighted by atomic mass is 9.98. The van der Waals surface area contributed by atoms with Gasteiger partial charge in [-0.3, -0.25) is 19.1 Å². The van der Waals surface area contributed by atoms with E-state index in [-0.39, 0.29) is 30.4 Å². The number of hydrogen-bond acceptors (Lipinski definition) is 8. The Hall–Kier alpha value is -2.45. The summed E-state index contributed by atoms with van der Waals surface area (Å²) >= 11 is 0.884.